The molecule has 0 aliphatic heterocycles. The molecule has 2 aromatic carbocycles. The van der Waals surface area contributed by atoms with Crippen LogP contribution in [0.15, 0.2) is 42.5 Å². The van der Waals surface area contributed by atoms with E-state index in [0.29, 0.717) is 28.5 Å². The lowest BCUT2D eigenvalue weighted by atomic mass is 10.2. The number of hydrogen-bond acceptors (Lipinski definition) is 6. The van der Waals surface area contributed by atoms with E-state index < -0.39 is 0 Å². The highest BCUT2D eigenvalue weighted by molar-refractivity contribution is 6.04. The van der Waals surface area contributed by atoms with Crippen molar-refractivity contribution in [2.24, 2.45) is 0 Å². The number of amides is 2. The summed E-state index contributed by atoms with van der Waals surface area (Å²) in [6, 6.07) is 11.5. The van der Waals surface area contributed by atoms with E-state index in [0.717, 1.165) is 0 Å². The van der Waals surface area contributed by atoms with E-state index in [2.05, 4.69) is 5.32 Å². The van der Waals surface area contributed by atoms with Gasteiger partial charge in [0, 0.05) is 25.3 Å². The minimum absolute atomic E-state index is 0.0544. The molecule has 8 nitrogen and oxygen atoms in total. The van der Waals surface area contributed by atoms with Gasteiger partial charge in [-0.25, -0.2) is 0 Å². The predicted octanol–water partition coefficient (Wildman–Crippen LogP) is 1.79. The van der Waals surface area contributed by atoms with E-state index in [4.69, 9.17) is 19.3 Å². The maximum absolute atomic E-state index is 12.5. The summed E-state index contributed by atoms with van der Waals surface area (Å²) in [6.45, 7) is -0.103. The largest absolute Gasteiger partial charge is 0.493 e. The molecule has 2 rings (SSSR count). The van der Waals surface area contributed by atoms with Crippen LogP contribution < -0.4 is 19.5 Å². The average molecular weight is 388 g/mol. The molecule has 0 bridgehead atoms. The standard InChI is InChI=1S/C20H24N2O6/c1-22(2)19(24)13-28-16-7-5-15(6-8-16)21-20(25)14-4-9-17(26-3)18(12-14)27-11-10-23/h4-9,12,23H,10-11,13H2,1-3H3,(H,21,25). The van der Waals surface area contributed by atoms with Crippen LogP contribution in [0, 0.1) is 0 Å². The summed E-state index contributed by atoms with van der Waals surface area (Å²) in [5.41, 5.74) is 0.954. The number of aliphatic hydroxyl groups excluding tert-OH is 1. The molecule has 2 aromatic rings. The van der Waals surface area contributed by atoms with Gasteiger partial charge < -0.3 is 29.5 Å². The summed E-state index contributed by atoms with van der Waals surface area (Å²) in [6.07, 6.45) is 0. The van der Waals surface area contributed by atoms with Crippen LogP contribution in [0.3, 0.4) is 0 Å². The Labute approximate surface area is 163 Å². The summed E-state index contributed by atoms with van der Waals surface area (Å²) in [5, 5.41) is 11.7. The van der Waals surface area contributed by atoms with Crippen LogP contribution in [0.25, 0.3) is 0 Å². The van der Waals surface area contributed by atoms with Gasteiger partial charge in [0.25, 0.3) is 11.8 Å². The minimum atomic E-state index is -0.326. The van der Waals surface area contributed by atoms with Crippen molar-refractivity contribution in [1.29, 1.82) is 0 Å². The Hall–Kier alpha value is -3.26. The topological polar surface area (TPSA) is 97.3 Å². The molecule has 0 radical (unpaired) electrons. The van der Waals surface area contributed by atoms with Gasteiger partial charge in [0.05, 0.1) is 13.7 Å². The number of carbonyl (C=O) groups excluding carboxylic acids is 2. The molecule has 0 saturated carbocycles. The Morgan fingerprint density at radius 3 is 2.36 bits per heavy atom. The second-order valence-corrected chi connectivity index (χ2v) is 5.99. The lowest BCUT2D eigenvalue weighted by Crippen LogP contribution is -2.27. The van der Waals surface area contributed by atoms with E-state index in [1.54, 1.807) is 56.6 Å². The van der Waals surface area contributed by atoms with Gasteiger partial charge in [-0.05, 0) is 42.5 Å². The van der Waals surface area contributed by atoms with Crippen molar-refractivity contribution >= 4 is 17.5 Å². The van der Waals surface area contributed by atoms with Crippen molar-refractivity contribution in [3.8, 4) is 17.2 Å². The number of likely N-dealkylation sites (N-methyl/N-ethyl adjacent to an activating group) is 1. The Morgan fingerprint density at radius 2 is 1.75 bits per heavy atom. The number of benzene rings is 2. The number of nitrogens with one attached hydrogen (secondary N) is 1. The van der Waals surface area contributed by atoms with E-state index >= 15 is 0 Å². The minimum Gasteiger partial charge on any atom is -0.493 e. The molecule has 2 amide bonds. The monoisotopic (exact) mass is 388 g/mol. The zero-order valence-corrected chi connectivity index (χ0v) is 16.1. The molecule has 0 aliphatic rings. The molecule has 28 heavy (non-hydrogen) atoms. The molecule has 0 unspecified atom stereocenters. The molecule has 2 N–H and O–H groups in total. The third-order valence-corrected chi connectivity index (χ3v) is 3.75. The van der Waals surface area contributed by atoms with Crippen LogP contribution in [0.1, 0.15) is 10.4 Å². The maximum atomic E-state index is 12.5. The summed E-state index contributed by atoms with van der Waals surface area (Å²) >= 11 is 0. The van der Waals surface area contributed by atoms with Crippen molar-refractivity contribution in [2.75, 3.05) is 46.3 Å². The van der Waals surface area contributed by atoms with Gasteiger partial charge in [-0.2, -0.15) is 0 Å². The van der Waals surface area contributed by atoms with Crippen LogP contribution in [-0.2, 0) is 4.79 Å². The molecular formula is C20H24N2O6. The molecular weight excluding hydrogens is 364 g/mol. The van der Waals surface area contributed by atoms with E-state index in [-0.39, 0.29) is 31.6 Å². The van der Waals surface area contributed by atoms with Crippen molar-refractivity contribution in [1.82, 2.24) is 4.90 Å². The van der Waals surface area contributed by atoms with Gasteiger partial charge in [0.2, 0.25) is 0 Å². The third-order valence-electron chi connectivity index (χ3n) is 3.75. The van der Waals surface area contributed by atoms with Crippen molar-refractivity contribution in [2.45, 2.75) is 0 Å². The fourth-order valence-electron chi connectivity index (χ4n) is 2.20. The summed E-state index contributed by atoms with van der Waals surface area (Å²) in [7, 11) is 4.81. The molecule has 150 valence electrons. The normalized spacial score (nSPS) is 10.1. The Balaban J connectivity index is 2.01. The van der Waals surface area contributed by atoms with Gasteiger partial charge in [-0.1, -0.05) is 0 Å². The highest BCUT2D eigenvalue weighted by Crippen LogP contribution is 2.28. The van der Waals surface area contributed by atoms with Crippen LogP contribution >= 0.6 is 0 Å². The smallest absolute Gasteiger partial charge is 0.259 e. The molecule has 0 aliphatic carbocycles. The number of methoxy groups -OCH3 is 1. The van der Waals surface area contributed by atoms with Crippen molar-refractivity contribution in [3.63, 3.8) is 0 Å². The molecule has 0 atom stereocenters. The highest BCUT2D eigenvalue weighted by atomic mass is 16.5. The van der Waals surface area contributed by atoms with Crippen LogP contribution in [0.4, 0.5) is 5.69 Å². The number of carbonyl (C=O) groups is 2. The van der Waals surface area contributed by atoms with Gasteiger partial charge >= 0.3 is 0 Å². The highest BCUT2D eigenvalue weighted by Gasteiger charge is 2.12. The summed E-state index contributed by atoms with van der Waals surface area (Å²) in [4.78, 5) is 25.5. The van der Waals surface area contributed by atoms with Crippen molar-refractivity contribution < 1.29 is 28.9 Å². The van der Waals surface area contributed by atoms with Gasteiger partial charge in [-0.15, -0.1) is 0 Å². The second-order valence-electron chi connectivity index (χ2n) is 5.99. The van der Waals surface area contributed by atoms with Gasteiger partial charge in [0.1, 0.15) is 12.4 Å². The number of anilines is 1. The molecule has 0 saturated heterocycles. The zero-order chi connectivity index (χ0) is 20.5. The molecule has 0 aromatic heterocycles. The second kappa shape index (κ2) is 10.2. The number of rotatable bonds is 9. The number of ether oxygens (including phenoxy) is 3. The Morgan fingerprint density at radius 1 is 1.04 bits per heavy atom. The fourth-order valence-corrected chi connectivity index (χ4v) is 2.20. The lowest BCUT2D eigenvalue weighted by Gasteiger charge is -2.13. The maximum Gasteiger partial charge on any atom is 0.259 e. The molecule has 0 spiro atoms. The predicted molar refractivity (Wildman–Crippen MR) is 104 cm³/mol. The Kier molecular flexibility index (Phi) is 7.65. The van der Waals surface area contributed by atoms with Crippen molar-refractivity contribution in [3.05, 3.63) is 48.0 Å². The third kappa shape index (κ3) is 5.88. The van der Waals surface area contributed by atoms with Crippen LogP contribution in [-0.4, -0.2) is 62.8 Å². The summed E-state index contributed by atoms with van der Waals surface area (Å²) < 4.78 is 16.0. The van der Waals surface area contributed by atoms with Crippen LogP contribution in [0.2, 0.25) is 0 Å². The zero-order valence-electron chi connectivity index (χ0n) is 16.1. The number of nitrogens with zero attached hydrogens (tertiary/aromatic N) is 1. The first kappa shape index (κ1) is 21.0. The van der Waals surface area contributed by atoms with Gasteiger partial charge in [-0.3, -0.25) is 9.59 Å². The van der Waals surface area contributed by atoms with E-state index in [1.807, 2.05) is 0 Å². The van der Waals surface area contributed by atoms with E-state index in [1.165, 1.54) is 12.0 Å². The SMILES string of the molecule is COc1ccc(C(=O)Nc2ccc(OCC(=O)N(C)C)cc2)cc1OCCO. The average Bonchev–Trinajstić information content (AvgIpc) is 2.71. The van der Waals surface area contributed by atoms with Crippen LogP contribution in [0.5, 0.6) is 17.2 Å². The number of aliphatic hydroxyl groups is 1. The summed E-state index contributed by atoms with van der Waals surface area (Å²) in [5.74, 6) is 0.902. The first-order chi connectivity index (χ1) is 13.4. The first-order valence-electron chi connectivity index (χ1n) is 8.60. The lowest BCUT2D eigenvalue weighted by molar-refractivity contribution is -0.130. The first-order valence-corrected chi connectivity index (χ1v) is 8.60. The molecule has 8 heteroatoms. The Bertz CT molecular complexity index is 805. The fraction of sp³-hybridized carbons (Fsp3) is 0.300. The molecule has 0 heterocycles. The van der Waals surface area contributed by atoms with Gasteiger partial charge in [0.15, 0.2) is 18.1 Å². The van der Waals surface area contributed by atoms with E-state index in [9.17, 15) is 9.59 Å². The molecule has 0 fully saturated rings. The number of hydrogen-bond donors (Lipinski definition) is 2. The quantitative estimate of drug-likeness (QED) is 0.680.